The highest BCUT2D eigenvalue weighted by molar-refractivity contribution is 5.70. The van der Waals surface area contributed by atoms with Crippen LogP contribution in [-0.4, -0.2) is 42.2 Å². The van der Waals surface area contributed by atoms with Crippen molar-refractivity contribution < 1.29 is 14.6 Å². The number of carbonyl (C=O) groups is 1. The molecule has 1 fully saturated rings. The molecule has 0 spiro atoms. The smallest absolute Gasteiger partial charge is 0.307 e. The van der Waals surface area contributed by atoms with Crippen molar-refractivity contribution in [2.24, 2.45) is 0 Å². The lowest BCUT2D eigenvalue weighted by Crippen LogP contribution is -2.30. The van der Waals surface area contributed by atoms with E-state index in [0.29, 0.717) is 12.6 Å². The predicted octanol–water partition coefficient (Wildman–Crippen LogP) is 1.79. The fourth-order valence-corrected chi connectivity index (χ4v) is 2.26. The van der Waals surface area contributed by atoms with Gasteiger partial charge in [-0.1, -0.05) is 12.1 Å². The van der Waals surface area contributed by atoms with Gasteiger partial charge < -0.3 is 14.7 Å². The fourth-order valence-electron chi connectivity index (χ4n) is 2.26. The molecule has 0 aromatic heterocycles. The van der Waals surface area contributed by atoms with E-state index >= 15 is 0 Å². The van der Waals surface area contributed by atoms with Crippen LogP contribution in [0.1, 0.15) is 18.4 Å². The molecule has 0 unspecified atom stereocenters. The van der Waals surface area contributed by atoms with Gasteiger partial charge in [-0.05, 0) is 44.1 Å². The van der Waals surface area contributed by atoms with Crippen LogP contribution in [0.5, 0.6) is 5.75 Å². The predicted molar refractivity (Wildman–Crippen MR) is 68.9 cm³/mol. The van der Waals surface area contributed by atoms with Gasteiger partial charge in [0.15, 0.2) is 0 Å². The zero-order valence-corrected chi connectivity index (χ0v) is 10.6. The largest absolute Gasteiger partial charge is 0.492 e. The average molecular weight is 249 g/mol. The quantitative estimate of drug-likeness (QED) is 0.864. The highest BCUT2D eigenvalue weighted by Gasteiger charge is 2.21. The fraction of sp³-hybridized carbons (Fsp3) is 0.500. The number of benzene rings is 1. The average Bonchev–Trinajstić information content (AvgIpc) is 2.73. The van der Waals surface area contributed by atoms with Crippen LogP contribution >= 0.6 is 0 Å². The molecule has 18 heavy (non-hydrogen) atoms. The molecule has 4 nitrogen and oxygen atoms in total. The van der Waals surface area contributed by atoms with Crippen LogP contribution in [0.15, 0.2) is 24.3 Å². The van der Waals surface area contributed by atoms with Gasteiger partial charge in [-0.15, -0.1) is 0 Å². The molecule has 98 valence electrons. The van der Waals surface area contributed by atoms with Gasteiger partial charge in [-0.2, -0.15) is 0 Å². The number of rotatable bonds is 5. The molecule has 0 radical (unpaired) electrons. The molecule has 2 rings (SSSR count). The van der Waals surface area contributed by atoms with E-state index < -0.39 is 5.97 Å². The minimum atomic E-state index is -0.809. The van der Waals surface area contributed by atoms with E-state index in [-0.39, 0.29) is 6.42 Å². The van der Waals surface area contributed by atoms with Gasteiger partial charge in [0.1, 0.15) is 12.4 Å². The zero-order chi connectivity index (χ0) is 13.0. The number of hydrogen-bond donors (Lipinski definition) is 1. The molecule has 0 saturated carbocycles. The van der Waals surface area contributed by atoms with Crippen molar-refractivity contribution in [3.05, 3.63) is 29.8 Å². The summed E-state index contributed by atoms with van der Waals surface area (Å²) in [5.74, 6) is 0.000637. The second-order valence-corrected chi connectivity index (χ2v) is 4.80. The Kier molecular flexibility index (Phi) is 4.20. The van der Waals surface area contributed by atoms with Crippen molar-refractivity contribution in [2.75, 3.05) is 20.2 Å². The number of aliphatic carboxylic acids is 1. The van der Waals surface area contributed by atoms with Crippen molar-refractivity contribution in [3.63, 3.8) is 0 Å². The van der Waals surface area contributed by atoms with Gasteiger partial charge in [0, 0.05) is 6.04 Å². The Morgan fingerprint density at radius 3 is 2.72 bits per heavy atom. The maximum atomic E-state index is 10.6. The van der Waals surface area contributed by atoms with Crippen molar-refractivity contribution in [3.8, 4) is 5.75 Å². The van der Waals surface area contributed by atoms with Gasteiger partial charge in [0.05, 0.1) is 6.42 Å². The molecule has 0 bridgehead atoms. The van der Waals surface area contributed by atoms with Crippen molar-refractivity contribution in [2.45, 2.75) is 25.3 Å². The highest BCUT2D eigenvalue weighted by atomic mass is 16.5. The van der Waals surface area contributed by atoms with E-state index in [2.05, 4.69) is 11.9 Å². The summed E-state index contributed by atoms with van der Waals surface area (Å²) in [5, 5.41) is 8.68. The van der Waals surface area contributed by atoms with Crippen LogP contribution in [0.2, 0.25) is 0 Å². The van der Waals surface area contributed by atoms with Gasteiger partial charge in [-0.3, -0.25) is 4.79 Å². The molecule has 1 aliphatic heterocycles. The molecule has 4 heteroatoms. The Morgan fingerprint density at radius 2 is 2.17 bits per heavy atom. The molecule has 1 aliphatic rings. The van der Waals surface area contributed by atoms with Gasteiger partial charge in [-0.25, -0.2) is 0 Å². The lowest BCUT2D eigenvalue weighted by atomic mass is 10.1. The third-order valence-electron chi connectivity index (χ3n) is 3.39. The zero-order valence-electron chi connectivity index (χ0n) is 10.6. The van der Waals surface area contributed by atoms with Crippen LogP contribution in [-0.2, 0) is 11.2 Å². The topological polar surface area (TPSA) is 49.8 Å². The normalized spacial score (nSPS) is 19.9. The Balaban J connectivity index is 1.84. The summed E-state index contributed by atoms with van der Waals surface area (Å²) in [6.45, 7) is 1.85. The summed E-state index contributed by atoms with van der Waals surface area (Å²) in [5.41, 5.74) is 0.799. The number of ether oxygens (including phenoxy) is 1. The Morgan fingerprint density at radius 1 is 1.44 bits per heavy atom. The van der Waals surface area contributed by atoms with Gasteiger partial charge in [0.2, 0.25) is 0 Å². The summed E-state index contributed by atoms with van der Waals surface area (Å²) in [6.07, 6.45) is 2.49. The Hall–Kier alpha value is -1.55. The van der Waals surface area contributed by atoms with Crippen molar-refractivity contribution in [1.82, 2.24) is 4.90 Å². The van der Waals surface area contributed by atoms with Gasteiger partial charge in [0.25, 0.3) is 0 Å². The number of carboxylic acids is 1. The molecule has 1 aromatic rings. The molecule has 1 atom stereocenters. The lowest BCUT2D eigenvalue weighted by Gasteiger charge is -2.19. The van der Waals surface area contributed by atoms with E-state index in [1.807, 2.05) is 24.3 Å². The first-order valence-corrected chi connectivity index (χ1v) is 6.29. The third kappa shape index (κ3) is 3.47. The van der Waals surface area contributed by atoms with Crippen LogP contribution in [0.3, 0.4) is 0 Å². The number of likely N-dealkylation sites (N-methyl/N-ethyl adjacent to an activating group) is 1. The second-order valence-electron chi connectivity index (χ2n) is 4.80. The maximum absolute atomic E-state index is 10.6. The molecule has 1 aromatic carbocycles. The minimum absolute atomic E-state index is 0.0612. The van der Waals surface area contributed by atoms with E-state index in [1.54, 1.807) is 0 Å². The second kappa shape index (κ2) is 5.87. The van der Waals surface area contributed by atoms with Crippen molar-refractivity contribution in [1.29, 1.82) is 0 Å². The van der Waals surface area contributed by atoms with Crippen LogP contribution < -0.4 is 4.74 Å². The highest BCUT2D eigenvalue weighted by Crippen LogP contribution is 2.18. The molecule has 1 N–H and O–H groups in total. The lowest BCUT2D eigenvalue weighted by molar-refractivity contribution is -0.136. The first-order valence-electron chi connectivity index (χ1n) is 6.29. The number of carboxylic acid groups (broad SMARTS) is 1. The molecule has 1 heterocycles. The maximum Gasteiger partial charge on any atom is 0.307 e. The summed E-state index contributed by atoms with van der Waals surface area (Å²) in [4.78, 5) is 12.9. The third-order valence-corrected chi connectivity index (χ3v) is 3.39. The Labute approximate surface area is 107 Å². The summed E-state index contributed by atoms with van der Waals surface area (Å²) in [7, 11) is 2.12. The molecular formula is C14H19NO3. The standard InChI is InChI=1S/C14H19NO3/c1-15-8-2-3-12(15)10-18-13-6-4-11(5-7-13)9-14(16)17/h4-7,12H,2-3,8-10H2,1H3,(H,16,17)/t12-/m0/s1. The Bertz CT molecular complexity index is 402. The summed E-state index contributed by atoms with van der Waals surface area (Å²) < 4.78 is 5.73. The van der Waals surface area contributed by atoms with E-state index in [9.17, 15) is 4.79 Å². The molecule has 1 saturated heterocycles. The number of hydrogen-bond acceptors (Lipinski definition) is 3. The van der Waals surface area contributed by atoms with Crippen molar-refractivity contribution >= 4 is 5.97 Å². The molecule has 0 amide bonds. The SMILES string of the molecule is CN1CCC[C@H]1COc1ccc(CC(=O)O)cc1. The van der Waals surface area contributed by atoms with Crippen LogP contribution in [0, 0.1) is 0 Å². The monoisotopic (exact) mass is 249 g/mol. The summed E-state index contributed by atoms with van der Waals surface area (Å²) >= 11 is 0. The van der Waals surface area contributed by atoms with Crippen LogP contribution in [0.4, 0.5) is 0 Å². The first kappa shape index (κ1) is 12.9. The minimum Gasteiger partial charge on any atom is -0.492 e. The van der Waals surface area contributed by atoms with E-state index in [0.717, 1.165) is 17.9 Å². The van der Waals surface area contributed by atoms with Crippen LogP contribution in [0.25, 0.3) is 0 Å². The van der Waals surface area contributed by atoms with Gasteiger partial charge >= 0.3 is 5.97 Å². The molecular weight excluding hydrogens is 230 g/mol. The van der Waals surface area contributed by atoms with E-state index in [1.165, 1.54) is 12.8 Å². The number of nitrogens with zero attached hydrogens (tertiary/aromatic N) is 1. The molecule has 0 aliphatic carbocycles. The summed E-state index contributed by atoms with van der Waals surface area (Å²) in [6, 6.07) is 7.80. The number of likely N-dealkylation sites (tertiary alicyclic amines) is 1. The van der Waals surface area contributed by atoms with E-state index in [4.69, 9.17) is 9.84 Å². The first-order chi connectivity index (χ1) is 8.65.